The van der Waals surface area contributed by atoms with E-state index in [0.29, 0.717) is 6.42 Å². The number of rotatable bonds is 0. The smallest absolute Gasteiger partial charge is 0.0966 e. The van der Waals surface area contributed by atoms with Crippen molar-refractivity contribution in [3.63, 3.8) is 0 Å². The molecule has 0 aliphatic carbocycles. The van der Waals surface area contributed by atoms with Gasteiger partial charge in [0, 0.05) is 5.56 Å². The fourth-order valence-electron chi connectivity index (χ4n) is 1.58. The Morgan fingerprint density at radius 1 is 1.07 bits per heavy atom. The Hall–Kier alpha value is -1.73. The summed E-state index contributed by atoms with van der Waals surface area (Å²) < 4.78 is 0. The van der Waals surface area contributed by atoms with E-state index in [1.54, 1.807) is 0 Å². The van der Waals surface area contributed by atoms with Crippen LogP contribution in [0, 0.1) is 50.9 Å². The lowest BCUT2D eigenvalue weighted by molar-refractivity contribution is 1.22. The van der Waals surface area contributed by atoms with E-state index in [-0.39, 0.29) is 0 Å². The van der Waals surface area contributed by atoms with Gasteiger partial charge in [0.25, 0.3) is 0 Å². The van der Waals surface area contributed by atoms with E-state index in [2.05, 4.69) is 45.6 Å². The van der Waals surface area contributed by atoms with Crippen LogP contribution in [-0.2, 0) is 0 Å². The summed E-state index contributed by atoms with van der Waals surface area (Å²) in [5, 5.41) is 8.44. The molecule has 0 radical (unpaired) electrons. The molecule has 0 saturated heterocycles. The van der Waals surface area contributed by atoms with Crippen molar-refractivity contribution in [2.45, 2.75) is 34.1 Å². The summed E-state index contributed by atoms with van der Waals surface area (Å²) in [6, 6.07) is 4.21. The third kappa shape index (κ3) is 2.39. The van der Waals surface area contributed by atoms with Crippen molar-refractivity contribution in [2.24, 2.45) is 0 Å². The van der Waals surface area contributed by atoms with Gasteiger partial charge in [-0.25, -0.2) is 0 Å². The lowest BCUT2D eigenvalue weighted by atomic mass is 9.94. The molecule has 15 heavy (non-hydrogen) atoms. The summed E-state index contributed by atoms with van der Waals surface area (Å²) >= 11 is 0. The molecular formula is C14H15N. The van der Waals surface area contributed by atoms with Crippen molar-refractivity contribution in [2.75, 3.05) is 0 Å². The fourth-order valence-corrected chi connectivity index (χ4v) is 1.58. The fraction of sp³-hybridized carbons (Fsp3) is 0.357. The minimum atomic E-state index is 0.297. The van der Waals surface area contributed by atoms with Crippen molar-refractivity contribution >= 4 is 0 Å². The highest BCUT2D eigenvalue weighted by Crippen LogP contribution is 2.20. The van der Waals surface area contributed by atoms with Crippen LogP contribution in [0.3, 0.4) is 0 Å². The van der Waals surface area contributed by atoms with E-state index in [1.165, 1.54) is 22.3 Å². The van der Waals surface area contributed by atoms with Crippen LogP contribution in [0.1, 0.15) is 34.2 Å². The summed E-state index contributed by atoms with van der Waals surface area (Å²) in [6.07, 6.45) is 0.297. The molecule has 0 aliphatic rings. The van der Waals surface area contributed by atoms with Gasteiger partial charge in [-0.1, -0.05) is 17.9 Å². The first-order valence-corrected chi connectivity index (χ1v) is 5.01. The Morgan fingerprint density at radius 3 is 2.07 bits per heavy atom. The topological polar surface area (TPSA) is 23.8 Å². The Balaban J connectivity index is 3.30. The van der Waals surface area contributed by atoms with E-state index >= 15 is 0 Å². The third-order valence-corrected chi connectivity index (χ3v) is 2.75. The summed E-state index contributed by atoms with van der Waals surface area (Å²) in [6.45, 7) is 8.35. The van der Waals surface area contributed by atoms with E-state index < -0.39 is 0 Å². The minimum Gasteiger partial charge on any atom is -0.197 e. The highest BCUT2D eigenvalue weighted by Gasteiger charge is 2.05. The molecule has 1 rings (SSSR count). The molecule has 0 amide bonds. The van der Waals surface area contributed by atoms with Gasteiger partial charge < -0.3 is 0 Å². The van der Waals surface area contributed by atoms with Crippen molar-refractivity contribution in [3.05, 3.63) is 33.9 Å². The van der Waals surface area contributed by atoms with Crippen LogP contribution in [0.5, 0.6) is 0 Å². The number of aryl methyl sites for hydroxylation is 2. The van der Waals surface area contributed by atoms with Crippen LogP contribution in [0.15, 0.2) is 6.07 Å². The SMILES string of the molecule is Cc1cc(C)c(C)c(C#CCC#N)c1C. The molecule has 0 spiro atoms. The van der Waals surface area contributed by atoms with Crippen molar-refractivity contribution in [3.8, 4) is 17.9 Å². The van der Waals surface area contributed by atoms with Gasteiger partial charge in [0.2, 0.25) is 0 Å². The predicted molar refractivity (Wildman–Crippen MR) is 62.5 cm³/mol. The molecule has 76 valence electrons. The molecule has 0 bridgehead atoms. The van der Waals surface area contributed by atoms with Crippen LogP contribution < -0.4 is 0 Å². The van der Waals surface area contributed by atoms with Gasteiger partial charge >= 0.3 is 0 Å². The first-order valence-electron chi connectivity index (χ1n) is 5.01. The number of hydrogen-bond acceptors (Lipinski definition) is 1. The maximum atomic E-state index is 8.44. The molecule has 0 aliphatic heterocycles. The van der Waals surface area contributed by atoms with Crippen LogP contribution >= 0.6 is 0 Å². The number of benzene rings is 1. The van der Waals surface area contributed by atoms with Crippen molar-refractivity contribution < 1.29 is 0 Å². The molecule has 0 aromatic heterocycles. The third-order valence-electron chi connectivity index (χ3n) is 2.75. The summed E-state index contributed by atoms with van der Waals surface area (Å²) in [7, 11) is 0. The van der Waals surface area contributed by atoms with Crippen LogP contribution in [0.2, 0.25) is 0 Å². The summed E-state index contributed by atoms with van der Waals surface area (Å²) in [5.74, 6) is 5.97. The van der Waals surface area contributed by atoms with Crippen LogP contribution in [0.4, 0.5) is 0 Å². The Labute approximate surface area is 91.7 Å². The van der Waals surface area contributed by atoms with Gasteiger partial charge in [0.15, 0.2) is 0 Å². The molecule has 0 fully saturated rings. The summed E-state index contributed by atoms with van der Waals surface area (Å²) in [5.41, 5.74) is 6.06. The molecule has 1 aromatic carbocycles. The lowest BCUT2D eigenvalue weighted by Crippen LogP contribution is -1.95. The highest BCUT2D eigenvalue weighted by atomic mass is 14.2. The van der Waals surface area contributed by atoms with Gasteiger partial charge in [0.1, 0.15) is 0 Å². The van der Waals surface area contributed by atoms with E-state index in [4.69, 9.17) is 5.26 Å². The summed E-state index contributed by atoms with van der Waals surface area (Å²) in [4.78, 5) is 0. The number of nitriles is 1. The quantitative estimate of drug-likeness (QED) is 0.586. The molecule has 0 N–H and O–H groups in total. The van der Waals surface area contributed by atoms with Gasteiger partial charge in [-0.3, -0.25) is 0 Å². The second-order valence-electron chi connectivity index (χ2n) is 3.77. The monoisotopic (exact) mass is 197 g/mol. The zero-order valence-electron chi connectivity index (χ0n) is 9.73. The normalized spacial score (nSPS) is 9.00. The highest BCUT2D eigenvalue weighted by molar-refractivity contribution is 5.52. The Bertz CT molecular complexity index is 453. The molecular weight excluding hydrogens is 182 g/mol. The van der Waals surface area contributed by atoms with Crippen molar-refractivity contribution in [1.29, 1.82) is 5.26 Å². The van der Waals surface area contributed by atoms with E-state index in [9.17, 15) is 0 Å². The molecule has 0 saturated carbocycles. The number of hydrogen-bond donors (Lipinski definition) is 0. The van der Waals surface area contributed by atoms with Crippen LogP contribution in [-0.4, -0.2) is 0 Å². The van der Waals surface area contributed by atoms with Crippen LogP contribution in [0.25, 0.3) is 0 Å². The van der Waals surface area contributed by atoms with E-state index in [0.717, 1.165) is 5.56 Å². The Kier molecular flexibility index (Phi) is 3.53. The molecule has 0 unspecified atom stereocenters. The van der Waals surface area contributed by atoms with Gasteiger partial charge in [-0.2, -0.15) is 5.26 Å². The lowest BCUT2D eigenvalue weighted by Gasteiger charge is -2.10. The second-order valence-corrected chi connectivity index (χ2v) is 3.77. The average Bonchev–Trinajstić information content (AvgIpc) is 2.20. The molecule has 1 heteroatoms. The first kappa shape index (κ1) is 11.3. The zero-order valence-corrected chi connectivity index (χ0v) is 9.73. The maximum absolute atomic E-state index is 8.44. The standard InChI is InChI=1S/C14H15N/c1-10-9-11(2)13(4)14(12(10)3)7-5-6-8-15/h9H,6H2,1-4H3. The largest absolute Gasteiger partial charge is 0.197 e. The van der Waals surface area contributed by atoms with Crippen molar-refractivity contribution in [1.82, 2.24) is 0 Å². The van der Waals surface area contributed by atoms with Gasteiger partial charge in [-0.15, -0.1) is 0 Å². The molecule has 0 atom stereocenters. The zero-order chi connectivity index (χ0) is 11.4. The number of nitrogens with zero attached hydrogens (tertiary/aromatic N) is 1. The first-order chi connectivity index (χ1) is 7.07. The average molecular weight is 197 g/mol. The molecule has 1 aromatic rings. The molecule has 0 heterocycles. The van der Waals surface area contributed by atoms with Gasteiger partial charge in [0.05, 0.1) is 12.5 Å². The minimum absolute atomic E-state index is 0.297. The maximum Gasteiger partial charge on any atom is 0.0966 e. The second kappa shape index (κ2) is 4.67. The molecule has 1 nitrogen and oxygen atoms in total. The predicted octanol–water partition coefficient (Wildman–Crippen LogP) is 3.19. The van der Waals surface area contributed by atoms with E-state index in [1.807, 2.05) is 6.07 Å². The Morgan fingerprint density at radius 2 is 1.60 bits per heavy atom. The van der Waals surface area contributed by atoms with Gasteiger partial charge in [-0.05, 0) is 49.9 Å².